The Morgan fingerprint density at radius 3 is 2.29 bits per heavy atom. The molecule has 1 aliphatic heterocycles. The molecule has 2 unspecified atom stereocenters. The number of halogens is 1. The SMILES string of the molecule is CC1CN(S(=O)(=O)CCCl)CC(C)S1. The summed E-state index contributed by atoms with van der Waals surface area (Å²) in [6, 6.07) is 0. The lowest BCUT2D eigenvalue weighted by Gasteiger charge is -2.33. The van der Waals surface area contributed by atoms with Crippen LogP contribution in [0.15, 0.2) is 0 Å². The van der Waals surface area contributed by atoms with Gasteiger partial charge in [-0.1, -0.05) is 13.8 Å². The van der Waals surface area contributed by atoms with E-state index in [0.29, 0.717) is 23.6 Å². The number of sulfonamides is 1. The summed E-state index contributed by atoms with van der Waals surface area (Å²) in [6.07, 6.45) is 0. The van der Waals surface area contributed by atoms with E-state index in [1.165, 1.54) is 0 Å². The minimum atomic E-state index is -3.11. The van der Waals surface area contributed by atoms with Crippen LogP contribution in [0, 0.1) is 0 Å². The third-order valence-electron chi connectivity index (χ3n) is 2.11. The molecule has 1 aliphatic rings. The Hall–Kier alpha value is 0.550. The predicted octanol–water partition coefficient (Wildman–Crippen LogP) is 1.38. The molecule has 0 spiro atoms. The van der Waals surface area contributed by atoms with Gasteiger partial charge in [-0.2, -0.15) is 16.1 Å². The second kappa shape index (κ2) is 5.05. The molecule has 0 N–H and O–H groups in total. The third kappa shape index (κ3) is 3.29. The average molecular weight is 258 g/mol. The van der Waals surface area contributed by atoms with Gasteiger partial charge in [0.25, 0.3) is 0 Å². The zero-order chi connectivity index (χ0) is 10.8. The molecule has 84 valence electrons. The van der Waals surface area contributed by atoms with Crippen LogP contribution in [0.3, 0.4) is 0 Å². The maximum Gasteiger partial charge on any atom is 0.215 e. The fourth-order valence-corrected chi connectivity index (χ4v) is 5.04. The topological polar surface area (TPSA) is 37.4 Å². The van der Waals surface area contributed by atoms with Crippen molar-refractivity contribution in [2.45, 2.75) is 24.3 Å². The van der Waals surface area contributed by atoms with E-state index in [1.807, 2.05) is 11.8 Å². The van der Waals surface area contributed by atoms with Crippen LogP contribution < -0.4 is 0 Å². The normalized spacial score (nSPS) is 30.5. The minimum Gasteiger partial charge on any atom is -0.212 e. The van der Waals surface area contributed by atoms with E-state index in [0.717, 1.165) is 0 Å². The number of alkyl halides is 1. The second-order valence-electron chi connectivity index (χ2n) is 3.58. The van der Waals surface area contributed by atoms with Gasteiger partial charge in [-0.05, 0) is 0 Å². The molecule has 1 fully saturated rings. The Morgan fingerprint density at radius 2 is 1.86 bits per heavy atom. The molecule has 0 bridgehead atoms. The first-order valence-electron chi connectivity index (χ1n) is 4.65. The first-order chi connectivity index (χ1) is 6.45. The summed E-state index contributed by atoms with van der Waals surface area (Å²) in [5.74, 6) is 0.230. The van der Waals surface area contributed by atoms with Crippen LogP contribution >= 0.6 is 23.4 Å². The second-order valence-corrected chi connectivity index (χ2v) is 7.93. The maximum absolute atomic E-state index is 11.7. The van der Waals surface area contributed by atoms with Crippen LogP contribution in [0.25, 0.3) is 0 Å². The van der Waals surface area contributed by atoms with Crippen molar-refractivity contribution < 1.29 is 8.42 Å². The van der Waals surface area contributed by atoms with Gasteiger partial charge >= 0.3 is 0 Å². The van der Waals surface area contributed by atoms with Gasteiger partial charge in [-0.15, -0.1) is 11.6 Å². The number of thioether (sulfide) groups is 1. The molecule has 3 nitrogen and oxygen atoms in total. The third-order valence-corrected chi connectivity index (χ3v) is 5.56. The summed E-state index contributed by atoms with van der Waals surface area (Å²) in [7, 11) is -3.11. The Bertz CT molecular complexity index is 271. The fraction of sp³-hybridized carbons (Fsp3) is 1.00. The molecule has 0 aliphatic carbocycles. The first-order valence-corrected chi connectivity index (χ1v) is 7.73. The van der Waals surface area contributed by atoms with Crippen LogP contribution in [-0.2, 0) is 10.0 Å². The largest absolute Gasteiger partial charge is 0.215 e. The highest BCUT2D eigenvalue weighted by Gasteiger charge is 2.30. The number of nitrogens with zero attached hydrogens (tertiary/aromatic N) is 1. The lowest BCUT2D eigenvalue weighted by Crippen LogP contribution is -2.45. The van der Waals surface area contributed by atoms with E-state index in [9.17, 15) is 8.42 Å². The van der Waals surface area contributed by atoms with Gasteiger partial charge in [0.05, 0.1) is 5.75 Å². The molecular formula is C8H16ClNO2S2. The Balaban J connectivity index is 2.68. The maximum atomic E-state index is 11.7. The van der Waals surface area contributed by atoms with E-state index in [4.69, 9.17) is 11.6 Å². The van der Waals surface area contributed by atoms with Crippen LogP contribution in [0.5, 0.6) is 0 Å². The van der Waals surface area contributed by atoms with Crippen molar-refractivity contribution in [1.29, 1.82) is 0 Å². The van der Waals surface area contributed by atoms with Crippen LogP contribution in [0.4, 0.5) is 0 Å². The van der Waals surface area contributed by atoms with Crippen molar-refractivity contribution in [3.05, 3.63) is 0 Å². The zero-order valence-corrected chi connectivity index (χ0v) is 10.8. The van der Waals surface area contributed by atoms with Crippen molar-refractivity contribution in [3.63, 3.8) is 0 Å². The quantitative estimate of drug-likeness (QED) is 0.717. The summed E-state index contributed by atoms with van der Waals surface area (Å²) in [5.41, 5.74) is 0. The van der Waals surface area contributed by atoms with Gasteiger partial charge in [0.15, 0.2) is 0 Å². The van der Waals surface area contributed by atoms with Crippen molar-refractivity contribution in [2.75, 3.05) is 24.7 Å². The molecule has 0 amide bonds. The molecule has 14 heavy (non-hydrogen) atoms. The zero-order valence-electron chi connectivity index (χ0n) is 8.44. The van der Waals surface area contributed by atoms with Gasteiger partial charge in [0.1, 0.15) is 0 Å². The van der Waals surface area contributed by atoms with Crippen LogP contribution in [0.1, 0.15) is 13.8 Å². The Kier molecular flexibility index (Phi) is 4.56. The van der Waals surface area contributed by atoms with E-state index in [-0.39, 0.29) is 11.6 Å². The number of hydrogen-bond donors (Lipinski definition) is 0. The fourth-order valence-electron chi connectivity index (χ4n) is 1.58. The van der Waals surface area contributed by atoms with Gasteiger partial charge in [-0.25, -0.2) is 8.42 Å². The molecule has 2 atom stereocenters. The predicted molar refractivity (Wildman–Crippen MR) is 62.6 cm³/mol. The average Bonchev–Trinajstić information content (AvgIpc) is 2.02. The molecule has 0 saturated carbocycles. The summed E-state index contributed by atoms with van der Waals surface area (Å²) >= 11 is 7.31. The number of rotatable bonds is 3. The molecule has 0 aromatic heterocycles. The van der Waals surface area contributed by atoms with Crippen molar-refractivity contribution in [2.24, 2.45) is 0 Å². The van der Waals surface area contributed by atoms with Crippen molar-refractivity contribution >= 4 is 33.4 Å². The van der Waals surface area contributed by atoms with Crippen molar-refractivity contribution in [3.8, 4) is 0 Å². The molecular weight excluding hydrogens is 242 g/mol. The summed E-state index contributed by atoms with van der Waals surface area (Å²) < 4.78 is 25.0. The Morgan fingerprint density at radius 1 is 1.36 bits per heavy atom. The van der Waals surface area contributed by atoms with Crippen molar-refractivity contribution in [1.82, 2.24) is 4.31 Å². The minimum absolute atomic E-state index is 0.0542. The molecule has 0 aromatic carbocycles. The monoisotopic (exact) mass is 257 g/mol. The van der Waals surface area contributed by atoms with E-state index in [1.54, 1.807) is 4.31 Å². The number of hydrogen-bond acceptors (Lipinski definition) is 3. The highest BCUT2D eigenvalue weighted by Crippen LogP contribution is 2.26. The summed E-state index contributed by atoms with van der Waals surface area (Å²) in [6.45, 7) is 5.36. The van der Waals surface area contributed by atoms with Crippen LogP contribution in [0.2, 0.25) is 0 Å². The lowest BCUT2D eigenvalue weighted by molar-refractivity contribution is 0.406. The van der Waals surface area contributed by atoms with Gasteiger partial charge in [0.2, 0.25) is 10.0 Å². The molecule has 0 aromatic rings. The van der Waals surface area contributed by atoms with E-state index >= 15 is 0 Å². The highest BCUT2D eigenvalue weighted by atomic mass is 35.5. The molecule has 1 rings (SSSR count). The molecule has 6 heteroatoms. The van der Waals surface area contributed by atoms with Gasteiger partial charge in [-0.3, -0.25) is 0 Å². The lowest BCUT2D eigenvalue weighted by atomic mass is 10.4. The standard InChI is InChI=1S/C8H16ClNO2S2/c1-7-5-10(6-8(2)13-7)14(11,12)4-3-9/h7-8H,3-6H2,1-2H3. The smallest absolute Gasteiger partial charge is 0.212 e. The van der Waals surface area contributed by atoms with Crippen LogP contribution in [-0.4, -0.2) is 47.9 Å². The molecule has 1 saturated heterocycles. The van der Waals surface area contributed by atoms with Gasteiger partial charge < -0.3 is 0 Å². The summed E-state index contributed by atoms with van der Waals surface area (Å²) in [5, 5.41) is 0.757. The molecule has 1 heterocycles. The Labute approximate surface area is 95.2 Å². The van der Waals surface area contributed by atoms with E-state index in [2.05, 4.69) is 13.8 Å². The van der Waals surface area contributed by atoms with Gasteiger partial charge in [0, 0.05) is 29.5 Å². The van der Waals surface area contributed by atoms with E-state index < -0.39 is 10.0 Å². The molecule has 0 radical (unpaired) electrons. The summed E-state index contributed by atoms with van der Waals surface area (Å²) in [4.78, 5) is 0. The first kappa shape index (κ1) is 12.6. The highest BCUT2D eigenvalue weighted by molar-refractivity contribution is 8.00.